The zero-order chi connectivity index (χ0) is 23.5. The molecule has 0 spiro atoms. The van der Waals surface area contributed by atoms with E-state index >= 15 is 0 Å². The van der Waals surface area contributed by atoms with E-state index in [1.165, 1.54) is 0 Å². The Kier molecular flexibility index (Phi) is 7.57. The minimum atomic E-state index is -0.397. The van der Waals surface area contributed by atoms with Gasteiger partial charge in [-0.05, 0) is 59.3 Å². The van der Waals surface area contributed by atoms with E-state index in [1.54, 1.807) is 48.5 Å². The van der Waals surface area contributed by atoms with Crippen molar-refractivity contribution in [1.82, 2.24) is 4.90 Å². The monoisotopic (exact) mass is 537 g/mol. The Morgan fingerprint density at radius 1 is 0.848 bits per heavy atom. The van der Waals surface area contributed by atoms with Gasteiger partial charge in [-0.3, -0.25) is 14.5 Å². The van der Waals surface area contributed by atoms with Crippen molar-refractivity contribution < 1.29 is 14.3 Å². The Hall–Kier alpha value is -2.15. The molecule has 0 saturated carbocycles. The van der Waals surface area contributed by atoms with E-state index in [0.717, 1.165) is 22.2 Å². The highest BCUT2D eigenvalue weighted by atomic mass is 35.5. The molecule has 0 radical (unpaired) electrons. The molecule has 4 rings (SSSR count). The summed E-state index contributed by atoms with van der Waals surface area (Å²) in [5, 5.41) is 1.49. The molecule has 33 heavy (non-hydrogen) atoms. The number of benzene rings is 3. The van der Waals surface area contributed by atoms with Crippen LogP contribution >= 0.6 is 58.2 Å². The standard InChI is InChI=1S/C24H15Cl4NO3S/c25-17-7-6-15(19(27)11-17)12-29-23(30)22(33-24(29)31)10-14-5-8-21(20(28)9-14)32-13-16-3-1-2-4-18(16)26/h1-11H,12-13H2/b22-10-. The van der Waals surface area contributed by atoms with Crippen LogP contribution in [-0.4, -0.2) is 16.0 Å². The van der Waals surface area contributed by atoms with Gasteiger partial charge in [0.15, 0.2) is 0 Å². The van der Waals surface area contributed by atoms with Gasteiger partial charge < -0.3 is 4.74 Å². The topological polar surface area (TPSA) is 46.6 Å². The van der Waals surface area contributed by atoms with Gasteiger partial charge >= 0.3 is 0 Å². The van der Waals surface area contributed by atoms with Gasteiger partial charge in [-0.1, -0.05) is 76.7 Å². The Morgan fingerprint density at radius 3 is 2.36 bits per heavy atom. The molecule has 3 aromatic carbocycles. The van der Waals surface area contributed by atoms with Crippen LogP contribution < -0.4 is 4.74 Å². The number of imide groups is 1. The molecule has 1 aliphatic rings. The Morgan fingerprint density at radius 2 is 1.64 bits per heavy atom. The van der Waals surface area contributed by atoms with Crippen molar-refractivity contribution in [2.75, 3.05) is 0 Å². The summed E-state index contributed by atoms with van der Waals surface area (Å²) >= 11 is 25.5. The van der Waals surface area contributed by atoms with E-state index in [-0.39, 0.29) is 18.4 Å². The first-order chi connectivity index (χ1) is 15.8. The summed E-state index contributed by atoms with van der Waals surface area (Å²) in [5.74, 6) is 0.0883. The highest BCUT2D eigenvalue weighted by Gasteiger charge is 2.35. The summed E-state index contributed by atoms with van der Waals surface area (Å²) in [7, 11) is 0. The minimum Gasteiger partial charge on any atom is -0.487 e. The van der Waals surface area contributed by atoms with Crippen LogP contribution in [0.15, 0.2) is 65.6 Å². The second-order valence-electron chi connectivity index (χ2n) is 7.07. The number of hydrogen-bond donors (Lipinski definition) is 0. The van der Waals surface area contributed by atoms with E-state index in [9.17, 15) is 9.59 Å². The number of hydrogen-bond acceptors (Lipinski definition) is 4. The highest BCUT2D eigenvalue weighted by Crippen LogP contribution is 2.36. The quantitative estimate of drug-likeness (QED) is 0.297. The Bertz CT molecular complexity index is 1280. The number of halogens is 4. The molecule has 1 saturated heterocycles. The lowest BCUT2D eigenvalue weighted by Crippen LogP contribution is -2.27. The minimum absolute atomic E-state index is 0.0631. The lowest BCUT2D eigenvalue weighted by molar-refractivity contribution is -0.123. The molecule has 0 atom stereocenters. The molecule has 1 heterocycles. The van der Waals surface area contributed by atoms with Gasteiger partial charge in [0.05, 0.1) is 16.5 Å². The van der Waals surface area contributed by atoms with Crippen LogP contribution in [-0.2, 0) is 17.9 Å². The third-order valence-electron chi connectivity index (χ3n) is 4.81. The summed E-state index contributed by atoms with van der Waals surface area (Å²) in [4.78, 5) is 26.7. The molecule has 3 aromatic rings. The summed E-state index contributed by atoms with van der Waals surface area (Å²) < 4.78 is 5.78. The van der Waals surface area contributed by atoms with Crippen LogP contribution in [0.4, 0.5) is 4.79 Å². The Labute approximate surface area is 215 Å². The maximum atomic E-state index is 12.8. The van der Waals surface area contributed by atoms with Gasteiger partial charge in [0, 0.05) is 20.6 Å². The Balaban J connectivity index is 1.47. The number of carbonyl (C=O) groups excluding carboxylic acids is 2. The smallest absolute Gasteiger partial charge is 0.293 e. The maximum absolute atomic E-state index is 12.8. The number of thioether (sulfide) groups is 1. The van der Waals surface area contributed by atoms with Crippen molar-refractivity contribution in [3.63, 3.8) is 0 Å². The number of amides is 2. The first-order valence-corrected chi connectivity index (χ1v) is 12.0. The van der Waals surface area contributed by atoms with Gasteiger partial charge in [0.2, 0.25) is 0 Å². The summed E-state index contributed by atoms with van der Waals surface area (Å²) in [5.41, 5.74) is 2.14. The van der Waals surface area contributed by atoms with Crippen LogP contribution in [0.25, 0.3) is 6.08 Å². The highest BCUT2D eigenvalue weighted by molar-refractivity contribution is 8.18. The van der Waals surface area contributed by atoms with E-state index in [0.29, 0.717) is 41.9 Å². The van der Waals surface area contributed by atoms with Gasteiger partial charge in [-0.2, -0.15) is 0 Å². The van der Waals surface area contributed by atoms with Gasteiger partial charge in [-0.15, -0.1) is 0 Å². The molecule has 1 fully saturated rings. The van der Waals surface area contributed by atoms with Crippen molar-refractivity contribution in [2.45, 2.75) is 13.2 Å². The third-order valence-corrected chi connectivity index (χ3v) is 6.97. The van der Waals surface area contributed by atoms with Crippen LogP contribution in [0.5, 0.6) is 5.75 Å². The predicted molar refractivity (Wildman–Crippen MR) is 135 cm³/mol. The van der Waals surface area contributed by atoms with Gasteiger partial charge in [0.1, 0.15) is 12.4 Å². The third kappa shape index (κ3) is 5.68. The van der Waals surface area contributed by atoms with Crippen molar-refractivity contribution in [1.29, 1.82) is 0 Å². The molecule has 1 aliphatic heterocycles. The lowest BCUT2D eigenvalue weighted by atomic mass is 10.2. The molecule has 4 nitrogen and oxygen atoms in total. The average molecular weight is 539 g/mol. The zero-order valence-corrected chi connectivity index (χ0v) is 20.7. The first kappa shape index (κ1) is 24.0. The normalized spacial score (nSPS) is 14.9. The fourth-order valence-corrected chi connectivity index (χ4v) is 4.84. The molecule has 0 N–H and O–H groups in total. The van der Waals surface area contributed by atoms with Crippen LogP contribution in [0.3, 0.4) is 0 Å². The fraction of sp³-hybridized carbons (Fsp3) is 0.0833. The molecule has 168 valence electrons. The SMILES string of the molecule is O=C1S/C(=C\c2ccc(OCc3ccccc3Cl)c(Cl)c2)C(=O)N1Cc1ccc(Cl)cc1Cl. The molecule has 0 aromatic heterocycles. The molecular weight excluding hydrogens is 524 g/mol. The zero-order valence-electron chi connectivity index (χ0n) is 16.9. The largest absolute Gasteiger partial charge is 0.487 e. The summed E-state index contributed by atoms with van der Waals surface area (Å²) in [6.45, 7) is 0.332. The van der Waals surface area contributed by atoms with Crippen molar-refractivity contribution in [2.24, 2.45) is 0 Å². The van der Waals surface area contributed by atoms with Crippen LogP contribution in [0.2, 0.25) is 20.1 Å². The predicted octanol–water partition coefficient (Wildman–Crippen LogP) is 8.12. The second kappa shape index (κ2) is 10.4. The average Bonchev–Trinajstić information content (AvgIpc) is 3.03. The van der Waals surface area contributed by atoms with E-state index in [4.69, 9.17) is 51.1 Å². The van der Waals surface area contributed by atoms with Gasteiger partial charge in [-0.25, -0.2) is 0 Å². The summed E-state index contributed by atoms with van der Waals surface area (Å²) in [6, 6.07) is 17.5. The lowest BCUT2D eigenvalue weighted by Gasteiger charge is -2.13. The first-order valence-electron chi connectivity index (χ1n) is 9.67. The molecule has 9 heteroatoms. The second-order valence-corrected chi connectivity index (χ2v) is 9.72. The molecule has 2 amide bonds. The molecular formula is C24H15Cl4NO3S. The van der Waals surface area contributed by atoms with E-state index in [1.807, 2.05) is 18.2 Å². The number of carbonyl (C=O) groups is 2. The number of ether oxygens (including phenoxy) is 1. The van der Waals surface area contributed by atoms with E-state index < -0.39 is 5.91 Å². The number of rotatable bonds is 6. The maximum Gasteiger partial charge on any atom is 0.293 e. The molecule has 0 bridgehead atoms. The van der Waals surface area contributed by atoms with E-state index in [2.05, 4.69) is 0 Å². The van der Waals surface area contributed by atoms with Crippen molar-refractivity contribution in [3.8, 4) is 5.75 Å². The summed E-state index contributed by atoms with van der Waals surface area (Å²) in [6.07, 6.45) is 1.62. The van der Waals surface area contributed by atoms with Gasteiger partial charge in [0.25, 0.3) is 11.1 Å². The van der Waals surface area contributed by atoms with Crippen LogP contribution in [0, 0.1) is 0 Å². The van der Waals surface area contributed by atoms with Crippen molar-refractivity contribution in [3.05, 3.63) is 102 Å². The van der Waals surface area contributed by atoms with Crippen LogP contribution in [0.1, 0.15) is 16.7 Å². The van der Waals surface area contributed by atoms with Crippen molar-refractivity contribution >= 4 is 75.4 Å². The molecule has 0 unspecified atom stereocenters. The molecule has 0 aliphatic carbocycles. The number of nitrogens with zero attached hydrogens (tertiary/aromatic N) is 1. The fourth-order valence-electron chi connectivity index (χ4n) is 3.10.